The normalized spacial score (nSPS) is 18.9. The molecule has 1 spiro atoms. The zero-order chi connectivity index (χ0) is 24.6. The van der Waals surface area contributed by atoms with Crippen LogP contribution in [0.15, 0.2) is 65.1 Å². The highest BCUT2D eigenvalue weighted by atomic mass is 79.9. The fourth-order valence-corrected chi connectivity index (χ4v) is 5.38. The molecule has 1 atom stereocenters. The Morgan fingerprint density at radius 1 is 1.06 bits per heavy atom. The first kappa shape index (κ1) is 23.8. The molecule has 0 saturated carbocycles. The van der Waals surface area contributed by atoms with Crippen LogP contribution in [0.2, 0.25) is 0 Å². The molecule has 0 unspecified atom stereocenters. The molecule has 2 aliphatic heterocycles. The molecule has 8 heteroatoms. The summed E-state index contributed by atoms with van der Waals surface area (Å²) in [6, 6.07) is 16.3. The summed E-state index contributed by atoms with van der Waals surface area (Å²) < 4.78 is 47.1. The number of nitrogens with zero attached hydrogens (tertiary/aromatic N) is 1. The van der Waals surface area contributed by atoms with Crippen LogP contribution in [-0.4, -0.2) is 26.2 Å². The monoisotopic (exact) mass is 543 g/mol. The van der Waals surface area contributed by atoms with E-state index in [0.717, 1.165) is 5.56 Å². The number of carbonyl (C=O) groups excluding carboxylic acids is 1. The molecule has 2 heterocycles. The molecule has 0 N–H and O–H groups in total. The van der Waals surface area contributed by atoms with Crippen molar-refractivity contribution in [2.24, 2.45) is 5.41 Å². The van der Waals surface area contributed by atoms with E-state index >= 15 is 4.39 Å². The number of β-lactam (4-membered cyclic amide) rings is 1. The van der Waals surface area contributed by atoms with Crippen LogP contribution in [0.25, 0.3) is 0 Å². The standard InChI is InChI=1S/C27H24BrF2NO4/c1-33-23-15-19(28)21(30)14-18(23)25-27(10-12-34-13-11-27)26(32)31(25)22-9-5-8-20(29)24(22)35-16-17-6-3-2-4-7-17/h2-9,14-15,25H,10-13,16H2,1H3/t25-/m0/s1. The topological polar surface area (TPSA) is 48.0 Å². The minimum absolute atomic E-state index is 0.0202. The minimum atomic E-state index is -0.797. The lowest BCUT2D eigenvalue weighted by Gasteiger charge is -2.57. The highest BCUT2D eigenvalue weighted by Gasteiger charge is 2.63. The summed E-state index contributed by atoms with van der Waals surface area (Å²) in [5.74, 6) is -0.789. The Bertz CT molecular complexity index is 1250. The van der Waals surface area contributed by atoms with Crippen LogP contribution in [0, 0.1) is 17.0 Å². The van der Waals surface area contributed by atoms with E-state index in [-0.39, 0.29) is 22.7 Å². The van der Waals surface area contributed by atoms with E-state index in [9.17, 15) is 9.18 Å². The van der Waals surface area contributed by atoms with Gasteiger partial charge in [0.15, 0.2) is 11.6 Å². The van der Waals surface area contributed by atoms with E-state index in [1.165, 1.54) is 24.1 Å². The van der Waals surface area contributed by atoms with Gasteiger partial charge in [0.2, 0.25) is 5.91 Å². The summed E-state index contributed by atoms with van der Waals surface area (Å²) in [6.45, 7) is 0.965. The van der Waals surface area contributed by atoms with Crippen LogP contribution in [0.4, 0.5) is 14.5 Å². The van der Waals surface area contributed by atoms with Crippen LogP contribution >= 0.6 is 15.9 Å². The van der Waals surface area contributed by atoms with Gasteiger partial charge in [-0.1, -0.05) is 36.4 Å². The number of benzene rings is 3. The predicted molar refractivity (Wildman–Crippen MR) is 131 cm³/mol. The van der Waals surface area contributed by atoms with E-state index < -0.39 is 23.1 Å². The van der Waals surface area contributed by atoms with Gasteiger partial charge < -0.3 is 14.2 Å². The molecular formula is C27H24BrF2NO4. The lowest BCUT2D eigenvalue weighted by atomic mass is 9.62. The summed E-state index contributed by atoms with van der Waals surface area (Å²) in [5.41, 5.74) is 0.895. The molecule has 2 saturated heterocycles. The SMILES string of the molecule is COc1cc(Br)c(F)cc1[C@@H]1N(c2cccc(F)c2OCc2ccccc2)C(=O)C12CCOCC2. The van der Waals surface area contributed by atoms with Crippen LogP contribution in [0.5, 0.6) is 11.5 Å². The molecule has 35 heavy (non-hydrogen) atoms. The van der Waals surface area contributed by atoms with Gasteiger partial charge in [0.25, 0.3) is 0 Å². The summed E-state index contributed by atoms with van der Waals surface area (Å²) >= 11 is 3.21. The molecule has 2 aliphatic rings. The number of rotatable bonds is 6. The second-order valence-electron chi connectivity index (χ2n) is 8.72. The van der Waals surface area contributed by atoms with Gasteiger partial charge in [-0.15, -0.1) is 0 Å². The first-order valence-electron chi connectivity index (χ1n) is 11.4. The number of amides is 1. The summed E-state index contributed by atoms with van der Waals surface area (Å²) in [7, 11) is 1.50. The largest absolute Gasteiger partial charge is 0.496 e. The van der Waals surface area contributed by atoms with E-state index in [1.54, 1.807) is 18.2 Å². The Hall–Kier alpha value is -2.97. The molecule has 5 nitrogen and oxygen atoms in total. The number of carbonyl (C=O) groups is 1. The maximum atomic E-state index is 15.1. The van der Waals surface area contributed by atoms with Crippen LogP contribution < -0.4 is 14.4 Å². The lowest BCUT2D eigenvalue weighted by Crippen LogP contribution is -2.65. The maximum Gasteiger partial charge on any atom is 0.236 e. The molecule has 3 aromatic carbocycles. The summed E-state index contributed by atoms with van der Waals surface area (Å²) in [6.07, 6.45) is 0.951. The Balaban J connectivity index is 1.60. The number of hydrogen-bond acceptors (Lipinski definition) is 4. The van der Waals surface area contributed by atoms with Crippen LogP contribution in [-0.2, 0) is 16.1 Å². The lowest BCUT2D eigenvalue weighted by molar-refractivity contribution is -0.149. The van der Waals surface area contributed by atoms with Crippen molar-refractivity contribution in [3.05, 3.63) is 87.9 Å². The van der Waals surface area contributed by atoms with Gasteiger partial charge in [0, 0.05) is 18.8 Å². The average molecular weight is 544 g/mol. The molecule has 1 amide bonds. The third kappa shape index (κ3) is 4.08. The van der Waals surface area contributed by atoms with Crippen LogP contribution in [0.3, 0.4) is 0 Å². The number of halogens is 3. The average Bonchev–Trinajstić information content (AvgIpc) is 2.88. The van der Waals surface area contributed by atoms with E-state index in [2.05, 4.69) is 15.9 Å². The first-order chi connectivity index (χ1) is 17.0. The fraction of sp³-hybridized carbons (Fsp3) is 0.296. The van der Waals surface area contributed by atoms with Gasteiger partial charge in [0.05, 0.1) is 28.7 Å². The van der Waals surface area contributed by atoms with E-state index in [1.807, 2.05) is 30.3 Å². The third-order valence-electron chi connectivity index (χ3n) is 6.81. The number of methoxy groups -OCH3 is 1. The molecular weight excluding hydrogens is 520 g/mol. The number of anilines is 1. The summed E-state index contributed by atoms with van der Waals surface area (Å²) in [4.78, 5) is 15.3. The minimum Gasteiger partial charge on any atom is -0.496 e. The van der Waals surface area contributed by atoms with Crippen LogP contribution in [0.1, 0.15) is 30.0 Å². The fourth-order valence-electron chi connectivity index (χ4n) is 5.06. The van der Waals surface area contributed by atoms with Crippen molar-refractivity contribution in [1.82, 2.24) is 0 Å². The van der Waals surface area contributed by atoms with Gasteiger partial charge in [-0.2, -0.15) is 0 Å². The smallest absolute Gasteiger partial charge is 0.236 e. The Kier molecular flexibility index (Phi) is 6.51. The molecule has 0 radical (unpaired) electrons. The van der Waals surface area contributed by atoms with Gasteiger partial charge in [-0.3, -0.25) is 9.69 Å². The number of ether oxygens (including phenoxy) is 3. The van der Waals surface area contributed by atoms with Gasteiger partial charge >= 0.3 is 0 Å². The van der Waals surface area contributed by atoms with Crippen molar-refractivity contribution in [3.8, 4) is 11.5 Å². The number of para-hydroxylation sites is 1. The number of hydrogen-bond donors (Lipinski definition) is 0. The van der Waals surface area contributed by atoms with E-state index in [4.69, 9.17) is 14.2 Å². The molecule has 0 aromatic heterocycles. The van der Waals surface area contributed by atoms with Crippen molar-refractivity contribution in [1.29, 1.82) is 0 Å². The third-order valence-corrected chi connectivity index (χ3v) is 7.42. The highest BCUT2D eigenvalue weighted by molar-refractivity contribution is 9.10. The predicted octanol–water partition coefficient (Wildman–Crippen LogP) is 6.20. The van der Waals surface area contributed by atoms with Crippen molar-refractivity contribution >= 4 is 27.5 Å². The molecule has 0 bridgehead atoms. The van der Waals surface area contributed by atoms with Crippen molar-refractivity contribution < 1.29 is 27.8 Å². The van der Waals surface area contributed by atoms with Crippen molar-refractivity contribution in [3.63, 3.8) is 0 Å². The highest BCUT2D eigenvalue weighted by Crippen LogP contribution is 2.60. The second-order valence-corrected chi connectivity index (χ2v) is 9.57. The Morgan fingerprint density at radius 2 is 1.80 bits per heavy atom. The quantitative estimate of drug-likeness (QED) is 0.347. The molecule has 0 aliphatic carbocycles. The van der Waals surface area contributed by atoms with Gasteiger partial charge in [-0.25, -0.2) is 8.78 Å². The van der Waals surface area contributed by atoms with Gasteiger partial charge in [-0.05, 0) is 58.6 Å². The Labute approximate surface area is 210 Å². The molecule has 2 fully saturated rings. The first-order valence-corrected chi connectivity index (χ1v) is 12.1. The maximum absolute atomic E-state index is 15.1. The summed E-state index contributed by atoms with van der Waals surface area (Å²) in [5, 5.41) is 0. The zero-order valence-corrected chi connectivity index (χ0v) is 20.7. The molecule has 182 valence electrons. The molecule has 5 rings (SSSR count). The van der Waals surface area contributed by atoms with Gasteiger partial charge in [0.1, 0.15) is 18.2 Å². The molecule has 3 aromatic rings. The van der Waals surface area contributed by atoms with E-state index in [0.29, 0.717) is 43.1 Å². The second kappa shape index (κ2) is 9.59. The van der Waals surface area contributed by atoms with Crippen molar-refractivity contribution in [2.45, 2.75) is 25.5 Å². The Morgan fingerprint density at radius 3 is 2.51 bits per heavy atom. The zero-order valence-electron chi connectivity index (χ0n) is 19.1. The van der Waals surface area contributed by atoms with Crippen molar-refractivity contribution in [2.75, 3.05) is 25.2 Å².